The first-order chi connectivity index (χ1) is 9.92. The predicted octanol–water partition coefficient (Wildman–Crippen LogP) is 2.76. The molecule has 1 aliphatic heterocycles. The van der Waals surface area contributed by atoms with E-state index in [4.69, 9.17) is 0 Å². The molecule has 4 unspecified atom stereocenters. The van der Waals surface area contributed by atoms with Crippen LogP contribution in [0.15, 0.2) is 0 Å². The van der Waals surface area contributed by atoms with E-state index in [1.165, 1.54) is 11.3 Å². The first-order valence-electron chi connectivity index (χ1n) is 7.85. The number of carbonyl (C=O) groups is 2. The zero-order chi connectivity index (χ0) is 15.6. The summed E-state index contributed by atoms with van der Waals surface area (Å²) in [6, 6.07) is -0.724. The van der Waals surface area contributed by atoms with Crippen LogP contribution in [0.2, 0.25) is 0 Å². The summed E-state index contributed by atoms with van der Waals surface area (Å²) in [6.45, 7) is 6.43. The van der Waals surface area contributed by atoms with E-state index in [1.54, 1.807) is 11.8 Å². The first kappa shape index (κ1) is 16.5. The van der Waals surface area contributed by atoms with Gasteiger partial charge in [-0.2, -0.15) is 0 Å². The van der Waals surface area contributed by atoms with Crippen molar-refractivity contribution in [3.8, 4) is 0 Å². The maximum atomic E-state index is 12.5. The van der Waals surface area contributed by atoms with Gasteiger partial charge in [0.25, 0.3) is 0 Å². The van der Waals surface area contributed by atoms with E-state index < -0.39 is 12.0 Å². The van der Waals surface area contributed by atoms with Gasteiger partial charge in [0.2, 0.25) is 0 Å². The highest BCUT2D eigenvalue weighted by Crippen LogP contribution is 2.32. The third-order valence-corrected chi connectivity index (χ3v) is 5.92. The summed E-state index contributed by atoms with van der Waals surface area (Å²) < 4.78 is 0. The molecule has 0 aromatic heterocycles. The quantitative estimate of drug-likeness (QED) is 0.840. The van der Waals surface area contributed by atoms with Crippen LogP contribution >= 0.6 is 11.8 Å². The van der Waals surface area contributed by atoms with E-state index in [2.05, 4.69) is 19.2 Å². The second-order valence-electron chi connectivity index (χ2n) is 6.52. The Balaban J connectivity index is 2.01. The summed E-state index contributed by atoms with van der Waals surface area (Å²) in [6.07, 6.45) is 3.97. The summed E-state index contributed by atoms with van der Waals surface area (Å²) in [7, 11) is 0. The highest BCUT2D eigenvalue weighted by Gasteiger charge is 2.41. The summed E-state index contributed by atoms with van der Waals surface area (Å²) >= 11 is 1.56. The molecule has 1 saturated carbocycles. The fraction of sp³-hybridized carbons (Fsp3) is 0.867. The summed E-state index contributed by atoms with van der Waals surface area (Å²) in [5, 5.41) is 12.4. The van der Waals surface area contributed by atoms with Gasteiger partial charge in [-0.1, -0.05) is 20.8 Å². The average Bonchev–Trinajstić information content (AvgIpc) is 2.81. The number of hydrogen-bond donors (Lipinski definition) is 2. The number of carboxylic acid groups (broad SMARTS) is 1. The molecule has 2 aliphatic rings. The fourth-order valence-electron chi connectivity index (χ4n) is 3.65. The highest BCUT2D eigenvalue weighted by atomic mass is 32.2. The Kier molecular flexibility index (Phi) is 5.41. The lowest BCUT2D eigenvalue weighted by molar-refractivity contribution is -0.141. The standard InChI is InChI=1S/C15H26N2O3S/c1-4-13-17(12(8-21-13)14(18)19)15(20)16-11-6-9(2)5-10(3)7-11/h9-13H,4-8H2,1-3H3,(H,16,20)(H,18,19). The summed E-state index contributed by atoms with van der Waals surface area (Å²) in [5.74, 6) is 0.811. The van der Waals surface area contributed by atoms with Crippen LogP contribution in [0.5, 0.6) is 0 Å². The minimum atomic E-state index is -0.904. The normalized spacial score (nSPS) is 36.5. The number of urea groups is 1. The van der Waals surface area contributed by atoms with Gasteiger partial charge in [0.1, 0.15) is 6.04 Å². The zero-order valence-electron chi connectivity index (χ0n) is 13.0. The topological polar surface area (TPSA) is 69.6 Å². The second-order valence-corrected chi connectivity index (χ2v) is 7.73. The van der Waals surface area contributed by atoms with E-state index in [-0.39, 0.29) is 17.4 Å². The molecule has 2 fully saturated rings. The third kappa shape index (κ3) is 3.84. The van der Waals surface area contributed by atoms with Crippen LogP contribution in [0.25, 0.3) is 0 Å². The van der Waals surface area contributed by atoms with Crippen LogP contribution < -0.4 is 5.32 Å². The summed E-state index contributed by atoms with van der Waals surface area (Å²) in [4.78, 5) is 25.4. The Morgan fingerprint density at radius 2 is 1.86 bits per heavy atom. The van der Waals surface area contributed by atoms with Gasteiger partial charge in [-0.15, -0.1) is 11.8 Å². The van der Waals surface area contributed by atoms with E-state index >= 15 is 0 Å². The molecule has 1 aliphatic carbocycles. The smallest absolute Gasteiger partial charge is 0.327 e. The van der Waals surface area contributed by atoms with E-state index in [1.807, 2.05) is 6.92 Å². The lowest BCUT2D eigenvalue weighted by Crippen LogP contribution is -2.53. The van der Waals surface area contributed by atoms with Crippen molar-refractivity contribution in [3.63, 3.8) is 0 Å². The van der Waals surface area contributed by atoms with Crippen LogP contribution in [-0.4, -0.2) is 45.2 Å². The SMILES string of the molecule is CCC1SCC(C(=O)O)N1C(=O)NC1CC(C)CC(C)C1. The Morgan fingerprint density at radius 1 is 1.24 bits per heavy atom. The number of nitrogens with one attached hydrogen (secondary N) is 1. The molecular formula is C15H26N2O3S. The van der Waals surface area contributed by atoms with Gasteiger partial charge in [-0.3, -0.25) is 4.90 Å². The van der Waals surface area contributed by atoms with Crippen LogP contribution in [-0.2, 0) is 4.79 Å². The van der Waals surface area contributed by atoms with Gasteiger partial charge in [-0.25, -0.2) is 9.59 Å². The van der Waals surface area contributed by atoms with E-state index in [9.17, 15) is 14.7 Å². The van der Waals surface area contributed by atoms with Crippen molar-refractivity contribution in [1.82, 2.24) is 10.2 Å². The first-order valence-corrected chi connectivity index (χ1v) is 8.90. The fourth-order valence-corrected chi connectivity index (χ4v) is 5.00. The Hall–Kier alpha value is -0.910. The largest absolute Gasteiger partial charge is 0.480 e. The second kappa shape index (κ2) is 6.90. The number of carboxylic acids is 1. The van der Waals surface area contributed by atoms with Gasteiger partial charge < -0.3 is 10.4 Å². The molecule has 0 bridgehead atoms. The minimum absolute atomic E-state index is 0.0236. The lowest BCUT2D eigenvalue weighted by Gasteiger charge is -2.34. The minimum Gasteiger partial charge on any atom is -0.480 e. The number of aliphatic carboxylic acids is 1. The molecule has 5 nitrogen and oxygen atoms in total. The van der Waals surface area contributed by atoms with Crippen molar-refractivity contribution in [2.45, 2.75) is 63.9 Å². The van der Waals surface area contributed by atoms with Crippen molar-refractivity contribution in [3.05, 3.63) is 0 Å². The Labute approximate surface area is 130 Å². The molecule has 1 heterocycles. The van der Waals surface area contributed by atoms with Crippen LogP contribution in [0.1, 0.15) is 46.5 Å². The van der Waals surface area contributed by atoms with Crippen molar-refractivity contribution in [1.29, 1.82) is 0 Å². The highest BCUT2D eigenvalue weighted by molar-refractivity contribution is 8.00. The van der Waals surface area contributed by atoms with Gasteiger partial charge in [0.15, 0.2) is 0 Å². The third-order valence-electron chi connectivity index (χ3n) is 4.47. The van der Waals surface area contributed by atoms with E-state index in [0.717, 1.165) is 19.3 Å². The zero-order valence-corrected chi connectivity index (χ0v) is 13.9. The Bertz CT molecular complexity index is 394. The number of hydrogen-bond acceptors (Lipinski definition) is 3. The molecule has 0 aromatic rings. The molecule has 21 heavy (non-hydrogen) atoms. The predicted molar refractivity (Wildman–Crippen MR) is 84.3 cm³/mol. The molecule has 120 valence electrons. The maximum Gasteiger partial charge on any atom is 0.327 e. The summed E-state index contributed by atoms with van der Waals surface area (Å²) in [5.41, 5.74) is 0. The number of amides is 2. The van der Waals surface area contributed by atoms with Crippen LogP contribution in [0.3, 0.4) is 0 Å². The van der Waals surface area contributed by atoms with Crippen molar-refractivity contribution in [2.24, 2.45) is 11.8 Å². The van der Waals surface area contributed by atoms with Gasteiger partial charge in [0, 0.05) is 11.8 Å². The van der Waals surface area contributed by atoms with Crippen molar-refractivity contribution in [2.75, 3.05) is 5.75 Å². The number of thioether (sulfide) groups is 1. The van der Waals surface area contributed by atoms with Gasteiger partial charge >= 0.3 is 12.0 Å². The monoisotopic (exact) mass is 314 g/mol. The van der Waals surface area contributed by atoms with Crippen molar-refractivity contribution >= 4 is 23.8 Å². The molecule has 0 radical (unpaired) electrons. The number of rotatable bonds is 3. The molecule has 2 rings (SSSR count). The number of nitrogens with zero attached hydrogens (tertiary/aromatic N) is 1. The molecule has 6 heteroatoms. The number of carbonyl (C=O) groups excluding carboxylic acids is 1. The molecule has 1 saturated heterocycles. The van der Waals surface area contributed by atoms with Crippen LogP contribution in [0.4, 0.5) is 4.79 Å². The maximum absolute atomic E-state index is 12.5. The molecule has 4 atom stereocenters. The Morgan fingerprint density at radius 3 is 2.38 bits per heavy atom. The van der Waals surface area contributed by atoms with Crippen LogP contribution in [0, 0.1) is 11.8 Å². The molecule has 2 N–H and O–H groups in total. The molecule has 2 amide bonds. The van der Waals surface area contributed by atoms with Gasteiger partial charge in [0.05, 0.1) is 5.37 Å². The average molecular weight is 314 g/mol. The molecule has 0 aromatic carbocycles. The van der Waals surface area contributed by atoms with Gasteiger partial charge in [-0.05, 0) is 37.5 Å². The molecule has 0 spiro atoms. The molecular weight excluding hydrogens is 288 g/mol. The van der Waals surface area contributed by atoms with E-state index in [0.29, 0.717) is 17.6 Å². The van der Waals surface area contributed by atoms with Crippen molar-refractivity contribution < 1.29 is 14.7 Å². The lowest BCUT2D eigenvalue weighted by atomic mass is 9.80.